The summed E-state index contributed by atoms with van der Waals surface area (Å²) in [5, 5.41) is 4.64. The molecule has 0 amide bonds. The van der Waals surface area contributed by atoms with Gasteiger partial charge in [-0.2, -0.15) is 0 Å². The van der Waals surface area contributed by atoms with Gasteiger partial charge in [-0.15, -0.1) is 0 Å². The summed E-state index contributed by atoms with van der Waals surface area (Å²) in [5.41, 5.74) is 1.23. The van der Waals surface area contributed by atoms with Gasteiger partial charge in [0.25, 0.3) is 0 Å². The second-order valence-electron chi connectivity index (χ2n) is 3.50. The summed E-state index contributed by atoms with van der Waals surface area (Å²) in [7, 11) is 0. The molecular formula is C10H15FN2+2. The molecule has 1 aromatic carbocycles. The van der Waals surface area contributed by atoms with Gasteiger partial charge in [-0.25, -0.2) is 4.39 Å². The van der Waals surface area contributed by atoms with Crippen molar-refractivity contribution in [3.63, 3.8) is 0 Å². The SMILES string of the molecule is Fc1ccc([C@@H]2C[NH2+]CC[NH2+]2)cc1. The van der Waals surface area contributed by atoms with Crippen molar-refractivity contribution in [2.45, 2.75) is 6.04 Å². The second-order valence-corrected chi connectivity index (χ2v) is 3.50. The van der Waals surface area contributed by atoms with Gasteiger partial charge in [0.2, 0.25) is 0 Å². The summed E-state index contributed by atoms with van der Waals surface area (Å²) < 4.78 is 12.6. The van der Waals surface area contributed by atoms with Gasteiger partial charge in [0.15, 0.2) is 6.04 Å². The van der Waals surface area contributed by atoms with Gasteiger partial charge in [-0.1, -0.05) is 0 Å². The molecule has 1 aliphatic rings. The minimum absolute atomic E-state index is 0.150. The maximum absolute atomic E-state index is 12.6. The minimum atomic E-state index is -0.150. The highest BCUT2D eigenvalue weighted by Crippen LogP contribution is 2.08. The molecule has 13 heavy (non-hydrogen) atoms. The van der Waals surface area contributed by atoms with Crippen LogP contribution >= 0.6 is 0 Å². The zero-order valence-electron chi connectivity index (χ0n) is 7.54. The van der Waals surface area contributed by atoms with E-state index >= 15 is 0 Å². The first-order valence-corrected chi connectivity index (χ1v) is 4.77. The average molecular weight is 182 g/mol. The van der Waals surface area contributed by atoms with Crippen LogP contribution in [0.1, 0.15) is 11.6 Å². The number of hydrogen-bond donors (Lipinski definition) is 2. The maximum Gasteiger partial charge on any atom is 0.161 e. The average Bonchev–Trinajstić information content (AvgIpc) is 2.20. The Morgan fingerprint density at radius 1 is 1.15 bits per heavy atom. The zero-order valence-corrected chi connectivity index (χ0v) is 7.54. The van der Waals surface area contributed by atoms with Gasteiger partial charge in [-0.05, 0) is 24.3 Å². The lowest BCUT2D eigenvalue weighted by Gasteiger charge is -2.18. The van der Waals surface area contributed by atoms with Crippen LogP contribution in [0.5, 0.6) is 0 Å². The second kappa shape index (κ2) is 3.85. The highest BCUT2D eigenvalue weighted by Gasteiger charge is 2.20. The largest absolute Gasteiger partial charge is 0.336 e. The predicted molar refractivity (Wildman–Crippen MR) is 47.6 cm³/mol. The molecule has 70 valence electrons. The number of piperazine rings is 1. The standard InChI is InChI=1S/C10H13FN2/c11-9-3-1-8(2-4-9)10-7-12-5-6-13-10/h1-4,10,12-13H,5-7H2/p+2/t10-/m0/s1. The van der Waals surface area contributed by atoms with Crippen molar-refractivity contribution in [2.24, 2.45) is 0 Å². The van der Waals surface area contributed by atoms with Crippen molar-refractivity contribution in [2.75, 3.05) is 19.6 Å². The molecule has 2 rings (SSSR count). The lowest BCUT2D eigenvalue weighted by Crippen LogP contribution is -3.04. The number of rotatable bonds is 1. The fraction of sp³-hybridized carbons (Fsp3) is 0.400. The van der Waals surface area contributed by atoms with Crippen LogP contribution < -0.4 is 10.6 Å². The molecule has 1 atom stereocenters. The molecule has 0 radical (unpaired) electrons. The third-order valence-corrected chi connectivity index (χ3v) is 2.54. The Kier molecular flexibility index (Phi) is 2.57. The van der Waals surface area contributed by atoms with Crippen LogP contribution in [0.4, 0.5) is 4.39 Å². The molecule has 0 aliphatic carbocycles. The Balaban J connectivity index is 2.10. The molecule has 1 fully saturated rings. The number of benzene rings is 1. The molecule has 0 saturated carbocycles. The zero-order chi connectivity index (χ0) is 9.10. The van der Waals surface area contributed by atoms with Gasteiger partial charge >= 0.3 is 0 Å². The Morgan fingerprint density at radius 2 is 1.92 bits per heavy atom. The van der Waals surface area contributed by atoms with Crippen molar-refractivity contribution in [1.82, 2.24) is 0 Å². The fourth-order valence-electron chi connectivity index (χ4n) is 1.79. The summed E-state index contributed by atoms with van der Waals surface area (Å²) >= 11 is 0. The van der Waals surface area contributed by atoms with Crippen LogP contribution in [-0.2, 0) is 0 Å². The molecule has 2 nitrogen and oxygen atoms in total. The van der Waals surface area contributed by atoms with E-state index in [0.717, 1.165) is 13.1 Å². The monoisotopic (exact) mass is 182 g/mol. The van der Waals surface area contributed by atoms with E-state index in [1.807, 2.05) is 12.1 Å². The van der Waals surface area contributed by atoms with E-state index in [-0.39, 0.29) is 5.82 Å². The van der Waals surface area contributed by atoms with Gasteiger partial charge in [0.1, 0.15) is 25.5 Å². The molecule has 3 heteroatoms. The van der Waals surface area contributed by atoms with Gasteiger partial charge in [-0.3, -0.25) is 0 Å². The lowest BCUT2D eigenvalue weighted by atomic mass is 10.1. The molecule has 1 aliphatic heterocycles. The van der Waals surface area contributed by atoms with Crippen molar-refractivity contribution < 1.29 is 15.0 Å². The quantitative estimate of drug-likeness (QED) is 0.559. The van der Waals surface area contributed by atoms with Gasteiger partial charge < -0.3 is 10.6 Å². The van der Waals surface area contributed by atoms with Gasteiger partial charge in [0, 0.05) is 5.56 Å². The van der Waals surface area contributed by atoms with E-state index in [4.69, 9.17) is 0 Å². The van der Waals surface area contributed by atoms with Crippen LogP contribution in [0.2, 0.25) is 0 Å². The Hall–Kier alpha value is -0.930. The minimum Gasteiger partial charge on any atom is -0.336 e. The molecule has 0 unspecified atom stereocenters. The normalized spacial score (nSPS) is 23.0. The van der Waals surface area contributed by atoms with E-state index in [2.05, 4.69) is 10.6 Å². The van der Waals surface area contributed by atoms with Crippen LogP contribution in [0.15, 0.2) is 24.3 Å². The molecule has 1 heterocycles. The van der Waals surface area contributed by atoms with E-state index in [0.29, 0.717) is 6.04 Å². The summed E-state index contributed by atoms with van der Waals surface area (Å²) in [6.07, 6.45) is 0. The van der Waals surface area contributed by atoms with Crippen LogP contribution in [0, 0.1) is 5.82 Å². The predicted octanol–water partition coefficient (Wildman–Crippen LogP) is -0.993. The first kappa shape index (κ1) is 8.66. The van der Waals surface area contributed by atoms with Gasteiger partial charge in [0.05, 0.1) is 0 Å². The van der Waals surface area contributed by atoms with Crippen molar-refractivity contribution >= 4 is 0 Å². The number of hydrogen-bond acceptors (Lipinski definition) is 0. The van der Waals surface area contributed by atoms with Crippen LogP contribution in [0.25, 0.3) is 0 Å². The molecule has 0 bridgehead atoms. The summed E-state index contributed by atoms with van der Waals surface area (Å²) in [4.78, 5) is 0. The third-order valence-electron chi connectivity index (χ3n) is 2.54. The summed E-state index contributed by atoms with van der Waals surface area (Å²) in [6.45, 7) is 3.45. The Bertz CT molecular complexity index is 265. The first-order valence-electron chi connectivity index (χ1n) is 4.77. The van der Waals surface area contributed by atoms with Crippen LogP contribution in [0.3, 0.4) is 0 Å². The molecule has 0 spiro atoms. The topological polar surface area (TPSA) is 33.2 Å². The van der Waals surface area contributed by atoms with Crippen molar-refractivity contribution in [3.05, 3.63) is 35.6 Å². The highest BCUT2D eigenvalue weighted by atomic mass is 19.1. The molecule has 1 aromatic rings. The number of halogens is 1. The summed E-state index contributed by atoms with van der Waals surface area (Å²) in [5.74, 6) is -0.150. The Labute approximate surface area is 77.2 Å². The molecule has 1 saturated heterocycles. The van der Waals surface area contributed by atoms with Crippen LogP contribution in [-0.4, -0.2) is 19.6 Å². The molecule has 0 aromatic heterocycles. The highest BCUT2D eigenvalue weighted by molar-refractivity contribution is 5.18. The van der Waals surface area contributed by atoms with Crippen molar-refractivity contribution in [1.29, 1.82) is 0 Å². The first-order chi connectivity index (χ1) is 6.36. The molecule has 4 N–H and O–H groups in total. The van der Waals surface area contributed by atoms with E-state index in [1.165, 1.54) is 24.2 Å². The van der Waals surface area contributed by atoms with E-state index < -0.39 is 0 Å². The maximum atomic E-state index is 12.6. The van der Waals surface area contributed by atoms with E-state index in [1.54, 1.807) is 0 Å². The Morgan fingerprint density at radius 3 is 2.54 bits per heavy atom. The summed E-state index contributed by atoms with van der Waals surface area (Å²) in [6, 6.07) is 7.36. The van der Waals surface area contributed by atoms with E-state index in [9.17, 15) is 4.39 Å². The number of quaternary nitrogens is 2. The molecular weight excluding hydrogens is 167 g/mol. The lowest BCUT2D eigenvalue weighted by molar-refractivity contribution is -0.816. The third kappa shape index (κ3) is 2.05. The smallest absolute Gasteiger partial charge is 0.161 e. The van der Waals surface area contributed by atoms with Crippen molar-refractivity contribution in [3.8, 4) is 0 Å². The fourth-order valence-corrected chi connectivity index (χ4v) is 1.79. The number of nitrogens with two attached hydrogens (primary N) is 2.